The monoisotopic (exact) mass is 334 g/mol. The highest BCUT2D eigenvalue weighted by molar-refractivity contribution is 6.22. The van der Waals surface area contributed by atoms with Crippen LogP contribution in [-0.4, -0.2) is 39.0 Å². The maximum Gasteiger partial charge on any atom is 0.325 e. The summed E-state index contributed by atoms with van der Waals surface area (Å²) in [6.07, 6.45) is 0. The van der Waals surface area contributed by atoms with Gasteiger partial charge < -0.3 is 10.8 Å². The molecule has 1 fully saturated rings. The van der Waals surface area contributed by atoms with Crippen molar-refractivity contribution in [2.24, 2.45) is 5.73 Å². The van der Waals surface area contributed by atoms with E-state index in [0.717, 1.165) is 4.90 Å². The molecule has 1 heterocycles. The Labute approximate surface area is 139 Å². The summed E-state index contributed by atoms with van der Waals surface area (Å²) < 4.78 is 0. The topological polar surface area (TPSA) is 124 Å². The number of piperazine rings is 1. The first-order valence-electron chi connectivity index (χ1n) is 7.37. The summed E-state index contributed by atoms with van der Waals surface area (Å²) in [5, 5.41) is 21.8. The zero-order chi connectivity index (χ0) is 18.4. The molecule has 0 unspecified atom stereocenters. The molecule has 0 spiro atoms. The Balaban J connectivity index is 2.45. The highest BCUT2D eigenvalue weighted by Gasteiger charge is 2.57. The molecule has 2 rings (SSSR count). The number of imide groups is 1. The minimum absolute atomic E-state index is 0.264. The number of carbonyl (C=O) groups excluding carboxylic acids is 2. The Morgan fingerprint density at radius 1 is 1.04 bits per heavy atom. The quantitative estimate of drug-likeness (QED) is 0.790. The van der Waals surface area contributed by atoms with Crippen molar-refractivity contribution in [3.8, 4) is 0 Å². The zero-order valence-electron chi connectivity index (χ0n) is 13.9. The molecule has 0 aliphatic carbocycles. The Morgan fingerprint density at radius 3 is 1.83 bits per heavy atom. The van der Waals surface area contributed by atoms with Gasteiger partial charge in [0.25, 0.3) is 11.8 Å². The van der Waals surface area contributed by atoms with E-state index >= 15 is 0 Å². The number of carboxylic acids is 1. The van der Waals surface area contributed by atoms with Gasteiger partial charge in [0.2, 0.25) is 0 Å². The molecule has 3 N–H and O–H groups in total. The van der Waals surface area contributed by atoms with Gasteiger partial charge in [-0.25, -0.2) is 4.90 Å². The van der Waals surface area contributed by atoms with Crippen molar-refractivity contribution in [2.75, 3.05) is 4.90 Å². The molecule has 8 nitrogen and oxygen atoms in total. The van der Waals surface area contributed by atoms with Gasteiger partial charge in [0.05, 0.1) is 5.69 Å². The second-order valence-corrected chi connectivity index (χ2v) is 6.77. The van der Waals surface area contributed by atoms with E-state index < -0.39 is 34.9 Å². The molecule has 1 aromatic carbocycles. The van der Waals surface area contributed by atoms with E-state index in [9.17, 15) is 19.6 Å². The summed E-state index contributed by atoms with van der Waals surface area (Å²) >= 11 is 0. The standard InChI is InChI=1S/C16H20N3O5/c1-15(2)13(22)18(14(23)16(3,4)19(15)24)10-7-5-9(6-8-10)11(17)12(20)21/h5-8,11H,17H2,1-4H3,(H,20,21)/t11-/m0/s1. The minimum Gasteiger partial charge on any atom is -0.480 e. The Bertz CT molecular complexity index is 668. The van der Waals surface area contributed by atoms with Crippen molar-refractivity contribution >= 4 is 23.5 Å². The van der Waals surface area contributed by atoms with Crippen LogP contribution in [0.15, 0.2) is 24.3 Å². The van der Waals surface area contributed by atoms with E-state index in [1.807, 2.05) is 0 Å². The fraction of sp³-hybridized carbons (Fsp3) is 0.438. The number of amides is 2. The number of carbonyl (C=O) groups is 3. The van der Waals surface area contributed by atoms with Crippen LogP contribution in [0.4, 0.5) is 5.69 Å². The normalized spacial score (nSPS) is 21.7. The predicted octanol–water partition coefficient (Wildman–Crippen LogP) is 0.849. The molecular formula is C16H20N3O5. The minimum atomic E-state index is -1.41. The number of nitrogens with zero attached hydrogens (tertiary/aromatic N) is 2. The number of carboxylic acid groups (broad SMARTS) is 1. The van der Waals surface area contributed by atoms with E-state index in [4.69, 9.17) is 10.8 Å². The van der Waals surface area contributed by atoms with E-state index in [-0.39, 0.29) is 5.69 Å². The highest BCUT2D eigenvalue weighted by Crippen LogP contribution is 2.35. The van der Waals surface area contributed by atoms with E-state index in [1.54, 1.807) is 0 Å². The number of rotatable bonds is 3. The summed E-state index contributed by atoms with van der Waals surface area (Å²) in [7, 11) is 0. The van der Waals surface area contributed by atoms with Crippen LogP contribution in [0, 0.1) is 0 Å². The summed E-state index contributed by atoms with van der Waals surface area (Å²) in [6.45, 7) is 5.83. The number of hydrogen-bond acceptors (Lipinski definition) is 5. The largest absolute Gasteiger partial charge is 0.480 e. The molecule has 0 aromatic heterocycles. The fourth-order valence-corrected chi connectivity index (χ4v) is 2.72. The smallest absolute Gasteiger partial charge is 0.325 e. The van der Waals surface area contributed by atoms with Crippen LogP contribution in [0.3, 0.4) is 0 Å². The molecule has 1 aliphatic rings. The lowest BCUT2D eigenvalue weighted by Gasteiger charge is -2.48. The van der Waals surface area contributed by atoms with Crippen LogP contribution >= 0.6 is 0 Å². The Kier molecular flexibility index (Phi) is 4.26. The second-order valence-electron chi connectivity index (χ2n) is 6.77. The zero-order valence-corrected chi connectivity index (χ0v) is 13.9. The number of nitrogens with two attached hydrogens (primary N) is 1. The molecule has 1 aromatic rings. The van der Waals surface area contributed by atoms with Crippen molar-refractivity contribution in [1.82, 2.24) is 5.06 Å². The van der Waals surface area contributed by atoms with Crippen LogP contribution in [0.1, 0.15) is 39.3 Å². The first-order chi connectivity index (χ1) is 10.9. The Hall–Kier alpha value is -2.29. The van der Waals surface area contributed by atoms with Gasteiger partial charge in [-0.3, -0.25) is 14.4 Å². The van der Waals surface area contributed by atoms with Crippen LogP contribution in [-0.2, 0) is 19.6 Å². The molecule has 0 saturated carbocycles. The molecule has 8 heteroatoms. The lowest BCUT2D eigenvalue weighted by atomic mass is 9.88. The first kappa shape index (κ1) is 18.1. The summed E-state index contributed by atoms with van der Waals surface area (Å²) in [5.41, 5.74) is 3.32. The lowest BCUT2D eigenvalue weighted by Crippen LogP contribution is -2.72. The maximum absolute atomic E-state index is 12.6. The molecule has 129 valence electrons. The summed E-state index contributed by atoms with van der Waals surface area (Å²) in [4.78, 5) is 37.1. The van der Waals surface area contributed by atoms with E-state index in [2.05, 4.69) is 0 Å². The highest BCUT2D eigenvalue weighted by atomic mass is 16.5. The van der Waals surface area contributed by atoms with Crippen LogP contribution in [0.2, 0.25) is 0 Å². The van der Waals surface area contributed by atoms with Crippen LogP contribution in [0.25, 0.3) is 0 Å². The number of anilines is 1. The van der Waals surface area contributed by atoms with Crippen molar-refractivity contribution in [3.63, 3.8) is 0 Å². The van der Waals surface area contributed by atoms with Gasteiger partial charge in [0, 0.05) is 0 Å². The Morgan fingerprint density at radius 2 is 1.46 bits per heavy atom. The van der Waals surface area contributed by atoms with Crippen molar-refractivity contribution in [3.05, 3.63) is 29.8 Å². The summed E-state index contributed by atoms with van der Waals surface area (Å²) in [5.74, 6) is -2.47. The average Bonchev–Trinajstić information content (AvgIpc) is 2.52. The molecular weight excluding hydrogens is 314 g/mol. The van der Waals surface area contributed by atoms with Crippen molar-refractivity contribution in [2.45, 2.75) is 44.8 Å². The molecule has 1 saturated heterocycles. The van der Waals surface area contributed by atoms with Gasteiger partial charge in [-0.05, 0) is 45.4 Å². The van der Waals surface area contributed by atoms with Gasteiger partial charge >= 0.3 is 5.97 Å². The third kappa shape index (κ3) is 2.58. The van der Waals surface area contributed by atoms with Gasteiger partial charge in [-0.2, -0.15) is 0 Å². The molecule has 24 heavy (non-hydrogen) atoms. The SMILES string of the molecule is CC1(C)C(=O)N(c2ccc([C@H](N)C(=O)O)cc2)C(=O)C(C)(C)N1[O]. The first-order valence-corrected chi connectivity index (χ1v) is 7.37. The van der Waals surface area contributed by atoms with Crippen molar-refractivity contribution in [1.29, 1.82) is 0 Å². The van der Waals surface area contributed by atoms with E-state index in [0.29, 0.717) is 10.6 Å². The number of hydrogen-bond donors (Lipinski definition) is 2. The summed E-state index contributed by atoms with van der Waals surface area (Å²) in [6, 6.07) is 4.58. The second kappa shape index (κ2) is 5.66. The van der Waals surface area contributed by atoms with Gasteiger partial charge in [0.15, 0.2) is 0 Å². The number of aliphatic carboxylic acids is 1. The third-order valence-corrected chi connectivity index (χ3v) is 4.24. The predicted molar refractivity (Wildman–Crippen MR) is 84.2 cm³/mol. The molecule has 2 amide bonds. The van der Waals surface area contributed by atoms with E-state index in [1.165, 1.54) is 52.0 Å². The molecule has 0 bridgehead atoms. The molecule has 1 aliphatic heterocycles. The van der Waals surface area contributed by atoms with Gasteiger partial charge in [-0.15, -0.1) is 10.3 Å². The van der Waals surface area contributed by atoms with Crippen LogP contribution < -0.4 is 10.6 Å². The van der Waals surface area contributed by atoms with Crippen LogP contribution in [0.5, 0.6) is 0 Å². The molecule has 1 radical (unpaired) electrons. The number of hydroxylamine groups is 2. The third-order valence-electron chi connectivity index (χ3n) is 4.24. The maximum atomic E-state index is 12.6. The van der Waals surface area contributed by atoms with Gasteiger partial charge in [0.1, 0.15) is 17.1 Å². The fourth-order valence-electron chi connectivity index (χ4n) is 2.72. The molecule has 1 atom stereocenters. The van der Waals surface area contributed by atoms with Gasteiger partial charge in [-0.1, -0.05) is 12.1 Å². The number of benzene rings is 1. The lowest BCUT2D eigenvalue weighted by molar-refractivity contribution is -0.264. The van der Waals surface area contributed by atoms with Crippen molar-refractivity contribution < 1.29 is 24.7 Å². The average molecular weight is 334 g/mol.